The van der Waals surface area contributed by atoms with Crippen molar-refractivity contribution in [1.29, 1.82) is 0 Å². The Balaban J connectivity index is 0. The van der Waals surface area contributed by atoms with Gasteiger partial charge in [-0.15, -0.1) is 11.4 Å². The normalized spacial score (nSPS) is 11.6. The molecule has 434 valence electrons. The molecule has 0 spiro atoms. The quantitative estimate of drug-likeness (QED) is 0.0257. The van der Waals surface area contributed by atoms with E-state index < -0.39 is 0 Å². The van der Waals surface area contributed by atoms with Gasteiger partial charge in [-0.25, -0.2) is 9.98 Å². The van der Waals surface area contributed by atoms with Crippen LogP contribution in [0.25, 0.3) is 10.6 Å². The van der Waals surface area contributed by atoms with Gasteiger partial charge in [-0.3, -0.25) is 0 Å². The van der Waals surface area contributed by atoms with Crippen molar-refractivity contribution in [3.05, 3.63) is 201 Å². The number of benzene rings is 5. The van der Waals surface area contributed by atoms with Crippen LogP contribution in [0.5, 0.6) is 0 Å². The molecule has 0 fully saturated rings. The minimum Gasteiger partial charge on any atom is -0.694 e. The van der Waals surface area contributed by atoms with Gasteiger partial charge in [0.25, 0.3) is 0 Å². The molecule has 0 saturated heterocycles. The van der Waals surface area contributed by atoms with E-state index in [2.05, 4.69) is 259 Å². The van der Waals surface area contributed by atoms with Crippen LogP contribution in [0, 0.1) is 24.7 Å². The van der Waals surface area contributed by atoms with E-state index in [-0.39, 0.29) is 46.1 Å². The molecule has 6 heteroatoms. The van der Waals surface area contributed by atoms with Crippen LogP contribution in [0.1, 0.15) is 283 Å². The Hall–Kier alpha value is -4.83. The smallest absolute Gasteiger partial charge is 0.694 e. The molecule has 0 radical (unpaired) electrons. The average molecular weight is 1130 g/mol. The summed E-state index contributed by atoms with van der Waals surface area (Å²) in [5, 5.41) is 10.2. The van der Waals surface area contributed by atoms with Crippen molar-refractivity contribution in [2.75, 3.05) is 0 Å². The molecule has 5 aromatic carbocycles. The third kappa shape index (κ3) is 29.1. The van der Waals surface area contributed by atoms with Gasteiger partial charge in [-0.05, 0) is 85.2 Å². The molecule has 5 aromatic rings. The second-order valence-corrected chi connectivity index (χ2v) is 23.6. The number of para-hydroxylation sites is 4. The Labute approximate surface area is 537 Å². The molecule has 5 rings (SSSR count). The van der Waals surface area contributed by atoms with Crippen molar-refractivity contribution >= 4 is 80.3 Å². The number of nitrogens with one attached hydrogen (secondary N) is 2. The molecule has 0 saturated carbocycles. The topological polar surface area (TPSA) is 56.1 Å². The third-order valence-corrected chi connectivity index (χ3v) is 13.5. The first kappa shape index (κ1) is 79.2. The molecule has 2 N–H and O–H groups in total. The molecule has 0 aromatic heterocycles. The zero-order valence-corrected chi connectivity index (χ0v) is 58.5. The van der Waals surface area contributed by atoms with Crippen molar-refractivity contribution in [2.24, 2.45) is 0 Å². The Morgan fingerprint density at radius 2 is 0.585 bits per heavy atom. The van der Waals surface area contributed by atoms with Crippen molar-refractivity contribution in [3.63, 3.8) is 0 Å². The van der Waals surface area contributed by atoms with Crippen molar-refractivity contribution in [3.8, 4) is 11.8 Å². The minimum atomic E-state index is 0. The Morgan fingerprint density at radius 3 is 0.756 bits per heavy atom. The maximum absolute atomic E-state index is 6.46. The Kier molecular flexibility index (Phi) is 42.3. The number of unbranched alkanes of at least 4 members (excludes halogenated alkanes) is 4. The van der Waals surface area contributed by atoms with E-state index in [1.165, 1.54) is 68.7 Å². The van der Waals surface area contributed by atoms with Gasteiger partial charge in [0.1, 0.15) is 0 Å². The summed E-state index contributed by atoms with van der Waals surface area (Å²) in [5.74, 6) is 8.29. The molecule has 0 bridgehead atoms. The van der Waals surface area contributed by atoms with E-state index in [4.69, 9.17) is 23.5 Å². The molecular weight excluding hydrogens is 1020 g/mol. The number of hydrogen-bond acceptors (Lipinski definition) is 0. The average Bonchev–Trinajstić information content (AvgIpc) is 3.40. The summed E-state index contributed by atoms with van der Waals surface area (Å²) in [7, 11) is 0. The first-order valence-corrected chi connectivity index (χ1v) is 30.2. The molecule has 0 amide bonds. The first-order valence-electron chi connectivity index (χ1n) is 30.2. The van der Waals surface area contributed by atoms with E-state index in [1.807, 2.05) is 36.4 Å². The Morgan fingerprint density at radius 1 is 0.378 bits per heavy atom. The molecule has 0 unspecified atom stereocenters. The molecule has 0 aliphatic carbocycles. The van der Waals surface area contributed by atoms with E-state index in [0.29, 0.717) is 47.3 Å². The van der Waals surface area contributed by atoms with E-state index in [0.717, 1.165) is 59.9 Å². The van der Waals surface area contributed by atoms with E-state index >= 15 is 0 Å². The largest absolute Gasteiger partial charge is 2.00 e. The number of allylic oxidation sites excluding steroid dienone is 4. The first-order chi connectivity index (χ1) is 37.9. The third-order valence-electron chi connectivity index (χ3n) is 13.5. The van der Waals surface area contributed by atoms with Crippen molar-refractivity contribution < 1.29 is 9.98 Å². The SMILES string of the molecule is CC(/C=C(/C)[N-]c1c(C(C)C)cccc1C(C)C)=[NH+]c1c(C(C)C)cccc1C(C)C.CC(/C=C(/C)[N-]c1c(C(C)C)cccc1C(C)C)=[NH+]c1c(C(C)C)cccc1C(C)C.[C-]#CCCCC.[C-]#CCCCC.[Mg+2].[Mg+2].c1ccccc1. The summed E-state index contributed by atoms with van der Waals surface area (Å²) in [6.07, 6.45) is 23.5. The number of nitrogens with zero attached hydrogens (tertiary/aromatic N) is 2. The van der Waals surface area contributed by atoms with Gasteiger partial charge in [-0.2, -0.15) is 11.4 Å². The van der Waals surface area contributed by atoms with Crippen molar-refractivity contribution in [2.45, 2.75) is 238 Å². The summed E-state index contributed by atoms with van der Waals surface area (Å²) in [5.41, 5.74) is 19.8. The summed E-state index contributed by atoms with van der Waals surface area (Å²) < 4.78 is 0. The van der Waals surface area contributed by atoms with Gasteiger partial charge in [0.2, 0.25) is 11.4 Å². The summed E-state index contributed by atoms with van der Waals surface area (Å²) >= 11 is 0. The standard InChI is InChI=1S/2C29H41N2.C6H6.2C6H9.2Mg/c2*1-18(2)24-13-11-14-25(19(3)4)28(24)30-22(9)17-23(10)31-29-26(20(5)6)15-12-16-27(29)21(7)8;1-2-4-6-5-3-1;2*1-3-5-6-4-2;;/h2*11-21H,1-10H3;1-6H;2*3,5-6H2,1H3;;/q2*-1;;2*-1;2*+2/p+2/b2*22-17-,31-23?;;;;;. The van der Waals surface area contributed by atoms with Gasteiger partial charge in [0.05, 0.1) is 0 Å². The van der Waals surface area contributed by atoms with Crippen LogP contribution >= 0.6 is 0 Å². The van der Waals surface area contributed by atoms with Crippen LogP contribution in [0.4, 0.5) is 22.7 Å². The van der Waals surface area contributed by atoms with Gasteiger partial charge in [-0.1, -0.05) is 283 Å². The molecule has 82 heavy (non-hydrogen) atoms. The second-order valence-electron chi connectivity index (χ2n) is 23.6. The summed E-state index contributed by atoms with van der Waals surface area (Å²) in [6, 6.07) is 38.5. The fraction of sp³-hybridized carbons (Fsp3) is 0.474. The van der Waals surface area contributed by atoms with Crippen LogP contribution in [0.2, 0.25) is 0 Å². The predicted octanol–water partition coefficient (Wildman–Crippen LogP) is 20.4. The fourth-order valence-electron chi connectivity index (χ4n) is 9.10. The van der Waals surface area contributed by atoms with Crippen LogP contribution in [-0.4, -0.2) is 57.5 Å². The molecule has 0 atom stereocenters. The minimum absolute atomic E-state index is 0. The number of rotatable bonds is 20. The van der Waals surface area contributed by atoms with Gasteiger partial charge in [0, 0.05) is 36.1 Å². The number of hydrogen-bond donors (Lipinski definition) is 2. The zero-order chi connectivity index (χ0) is 60.5. The van der Waals surface area contributed by atoms with Gasteiger partial charge in [0.15, 0.2) is 11.4 Å². The Bertz CT molecular complexity index is 2460. The van der Waals surface area contributed by atoms with Gasteiger partial charge >= 0.3 is 46.1 Å². The van der Waals surface area contributed by atoms with Crippen LogP contribution < -0.4 is 9.98 Å². The molecule has 0 aliphatic heterocycles. The van der Waals surface area contributed by atoms with E-state index in [1.54, 1.807) is 0 Å². The maximum Gasteiger partial charge on any atom is 2.00 e. The molecule has 4 nitrogen and oxygen atoms in total. The van der Waals surface area contributed by atoms with E-state index in [9.17, 15) is 0 Å². The molecule has 0 aliphatic rings. The second kappa shape index (κ2) is 43.8. The molecular formula is C76H108Mg2N4+2. The summed E-state index contributed by atoms with van der Waals surface area (Å²) in [6.45, 7) is 48.7. The monoisotopic (exact) mass is 1120 g/mol. The van der Waals surface area contributed by atoms with Crippen LogP contribution in [-0.2, 0) is 0 Å². The predicted molar refractivity (Wildman–Crippen MR) is 366 cm³/mol. The maximum atomic E-state index is 6.46. The molecule has 0 heterocycles. The van der Waals surface area contributed by atoms with Crippen molar-refractivity contribution in [1.82, 2.24) is 0 Å². The zero-order valence-electron chi connectivity index (χ0n) is 55.7. The van der Waals surface area contributed by atoms with Crippen LogP contribution in [0.15, 0.2) is 133 Å². The van der Waals surface area contributed by atoms with Gasteiger partial charge < -0.3 is 35.3 Å². The van der Waals surface area contributed by atoms with Crippen LogP contribution in [0.3, 0.4) is 0 Å². The summed E-state index contributed by atoms with van der Waals surface area (Å²) in [4.78, 5) is 7.43. The fourth-order valence-corrected chi connectivity index (χ4v) is 9.10.